The minimum Gasteiger partial charge on any atom is -0.461 e. The molecule has 0 aliphatic carbocycles. The van der Waals surface area contributed by atoms with Crippen molar-refractivity contribution in [1.82, 2.24) is 14.8 Å². The minimum absolute atomic E-state index is 0.0696. The van der Waals surface area contributed by atoms with Gasteiger partial charge in [0.2, 0.25) is 5.91 Å². The molecule has 2 aromatic heterocycles. The normalized spacial score (nSPS) is 12.3. The summed E-state index contributed by atoms with van der Waals surface area (Å²) >= 11 is 1.39. The first-order chi connectivity index (χ1) is 12.5. The maximum atomic E-state index is 12.5. The summed E-state index contributed by atoms with van der Waals surface area (Å²) in [6.07, 6.45) is 1.62. The summed E-state index contributed by atoms with van der Waals surface area (Å²) in [5.41, 5.74) is 0.782. The third kappa shape index (κ3) is 4.35. The number of hydrogen-bond acceptors (Lipinski definition) is 5. The fourth-order valence-electron chi connectivity index (χ4n) is 2.47. The molecule has 1 amide bonds. The molecule has 1 aromatic carbocycles. The summed E-state index contributed by atoms with van der Waals surface area (Å²) in [5.74, 6) is 1.70. The summed E-state index contributed by atoms with van der Waals surface area (Å²) in [6.45, 7) is 6.88. The molecule has 6 nitrogen and oxygen atoms in total. The van der Waals surface area contributed by atoms with E-state index in [1.165, 1.54) is 11.8 Å². The molecule has 3 rings (SSSR count). The van der Waals surface area contributed by atoms with Crippen LogP contribution in [0.4, 0.5) is 5.69 Å². The van der Waals surface area contributed by atoms with Gasteiger partial charge in [-0.15, -0.1) is 10.2 Å². The molecular weight excluding hydrogens is 348 g/mol. The summed E-state index contributed by atoms with van der Waals surface area (Å²) in [6, 6.07) is 13.1. The summed E-state index contributed by atoms with van der Waals surface area (Å²) < 4.78 is 7.49. The number of benzene rings is 1. The summed E-state index contributed by atoms with van der Waals surface area (Å²) in [5, 5.41) is 11.9. The second-order valence-corrected chi connectivity index (χ2v) is 7.71. The predicted molar refractivity (Wildman–Crippen MR) is 103 cm³/mol. The van der Waals surface area contributed by atoms with Crippen molar-refractivity contribution in [3.63, 3.8) is 0 Å². The van der Waals surface area contributed by atoms with E-state index < -0.39 is 0 Å². The Morgan fingerprint density at radius 1 is 1.15 bits per heavy atom. The van der Waals surface area contributed by atoms with Gasteiger partial charge < -0.3 is 9.73 Å². The molecular formula is C19H22N4O2S. The van der Waals surface area contributed by atoms with Crippen molar-refractivity contribution in [1.29, 1.82) is 0 Å². The highest BCUT2D eigenvalue weighted by Gasteiger charge is 2.22. The van der Waals surface area contributed by atoms with Crippen LogP contribution in [0.5, 0.6) is 0 Å². The Morgan fingerprint density at radius 2 is 1.92 bits per heavy atom. The van der Waals surface area contributed by atoms with Gasteiger partial charge in [0.25, 0.3) is 0 Å². The second-order valence-electron chi connectivity index (χ2n) is 6.40. The lowest BCUT2D eigenvalue weighted by Gasteiger charge is -2.14. The Kier molecular flexibility index (Phi) is 5.78. The van der Waals surface area contributed by atoms with E-state index in [9.17, 15) is 4.79 Å². The minimum atomic E-state index is -0.310. The van der Waals surface area contributed by atoms with Gasteiger partial charge >= 0.3 is 0 Å². The lowest BCUT2D eigenvalue weighted by molar-refractivity contribution is -0.115. The molecule has 3 aromatic rings. The van der Waals surface area contributed by atoms with Gasteiger partial charge in [-0.3, -0.25) is 9.36 Å². The maximum Gasteiger partial charge on any atom is 0.237 e. The van der Waals surface area contributed by atoms with Crippen molar-refractivity contribution in [3.05, 3.63) is 48.7 Å². The van der Waals surface area contributed by atoms with Crippen LogP contribution in [0.15, 0.2) is 58.3 Å². The fraction of sp³-hybridized carbons (Fsp3) is 0.316. The lowest BCUT2D eigenvalue weighted by Crippen LogP contribution is -2.23. The standard InChI is InChI=1S/C19H22N4O2S/c1-13(2)12-23-17(16-10-7-11-25-16)21-22-19(23)26-14(3)18(24)20-15-8-5-4-6-9-15/h4-11,13-14H,12H2,1-3H3,(H,20,24). The number of carbonyl (C=O) groups is 1. The Bertz CT molecular complexity index is 844. The van der Waals surface area contributed by atoms with E-state index in [0.29, 0.717) is 22.7 Å². The Balaban J connectivity index is 1.77. The molecule has 26 heavy (non-hydrogen) atoms. The first-order valence-corrected chi connectivity index (χ1v) is 9.42. The molecule has 0 saturated heterocycles. The number of para-hydroxylation sites is 1. The van der Waals surface area contributed by atoms with Crippen LogP contribution in [0.3, 0.4) is 0 Å². The van der Waals surface area contributed by atoms with Crippen molar-refractivity contribution in [2.45, 2.75) is 37.7 Å². The highest BCUT2D eigenvalue weighted by Crippen LogP contribution is 2.28. The number of amides is 1. The summed E-state index contributed by atoms with van der Waals surface area (Å²) in [4.78, 5) is 12.5. The van der Waals surface area contributed by atoms with Crippen LogP contribution in [-0.2, 0) is 11.3 Å². The molecule has 1 unspecified atom stereocenters. The zero-order valence-corrected chi connectivity index (χ0v) is 15.9. The van der Waals surface area contributed by atoms with Gasteiger partial charge in [0.05, 0.1) is 11.5 Å². The van der Waals surface area contributed by atoms with Gasteiger partial charge in [0.15, 0.2) is 16.7 Å². The molecule has 0 radical (unpaired) electrons. The van der Waals surface area contributed by atoms with Crippen molar-refractivity contribution in [2.24, 2.45) is 5.92 Å². The second kappa shape index (κ2) is 8.23. The summed E-state index contributed by atoms with van der Waals surface area (Å²) in [7, 11) is 0. The van der Waals surface area contributed by atoms with Crippen LogP contribution in [0.1, 0.15) is 20.8 Å². The van der Waals surface area contributed by atoms with Crippen LogP contribution in [-0.4, -0.2) is 25.9 Å². The van der Waals surface area contributed by atoms with E-state index in [1.54, 1.807) is 6.26 Å². The Labute approximate surface area is 157 Å². The molecule has 136 valence electrons. The molecule has 0 bridgehead atoms. The number of aromatic nitrogens is 3. The fourth-order valence-corrected chi connectivity index (χ4v) is 3.33. The Hall–Kier alpha value is -2.54. The quantitative estimate of drug-likeness (QED) is 0.627. The van der Waals surface area contributed by atoms with Crippen LogP contribution in [0, 0.1) is 5.92 Å². The number of furan rings is 1. The van der Waals surface area contributed by atoms with Gasteiger partial charge in [0.1, 0.15) is 0 Å². The SMILES string of the molecule is CC(C)Cn1c(SC(C)C(=O)Nc2ccccc2)nnc1-c1ccco1. The average Bonchev–Trinajstić information content (AvgIpc) is 3.26. The average molecular weight is 370 g/mol. The van der Waals surface area contributed by atoms with Gasteiger partial charge in [-0.1, -0.05) is 43.8 Å². The van der Waals surface area contributed by atoms with Crippen LogP contribution < -0.4 is 5.32 Å². The van der Waals surface area contributed by atoms with E-state index in [0.717, 1.165) is 12.2 Å². The van der Waals surface area contributed by atoms with Gasteiger partial charge in [0, 0.05) is 12.2 Å². The zero-order valence-electron chi connectivity index (χ0n) is 15.0. The van der Waals surface area contributed by atoms with E-state index in [-0.39, 0.29) is 11.2 Å². The number of nitrogens with zero attached hydrogens (tertiary/aromatic N) is 3. The van der Waals surface area contributed by atoms with Crippen LogP contribution in [0.2, 0.25) is 0 Å². The molecule has 2 heterocycles. The first kappa shape index (κ1) is 18.3. The number of thioether (sulfide) groups is 1. The van der Waals surface area contributed by atoms with E-state index in [1.807, 2.05) is 54.0 Å². The van der Waals surface area contributed by atoms with E-state index in [2.05, 4.69) is 29.4 Å². The molecule has 0 saturated carbocycles. The van der Waals surface area contributed by atoms with E-state index in [4.69, 9.17) is 4.42 Å². The third-order valence-corrected chi connectivity index (χ3v) is 4.78. The highest BCUT2D eigenvalue weighted by atomic mass is 32.2. The van der Waals surface area contributed by atoms with Crippen molar-refractivity contribution < 1.29 is 9.21 Å². The molecule has 7 heteroatoms. The molecule has 1 N–H and O–H groups in total. The predicted octanol–water partition coefficient (Wildman–Crippen LogP) is 4.31. The number of anilines is 1. The highest BCUT2D eigenvalue weighted by molar-refractivity contribution is 8.00. The number of carbonyl (C=O) groups excluding carboxylic acids is 1. The van der Waals surface area contributed by atoms with Crippen molar-refractivity contribution in [3.8, 4) is 11.6 Å². The molecule has 0 spiro atoms. The van der Waals surface area contributed by atoms with Gasteiger partial charge in [-0.05, 0) is 37.1 Å². The van der Waals surface area contributed by atoms with Crippen LogP contribution in [0.25, 0.3) is 11.6 Å². The molecule has 0 fully saturated rings. The maximum absolute atomic E-state index is 12.5. The van der Waals surface area contributed by atoms with Gasteiger partial charge in [-0.25, -0.2) is 0 Å². The lowest BCUT2D eigenvalue weighted by atomic mass is 10.2. The topological polar surface area (TPSA) is 73.0 Å². The number of rotatable bonds is 7. The number of nitrogens with one attached hydrogen (secondary N) is 1. The monoisotopic (exact) mass is 370 g/mol. The Morgan fingerprint density at radius 3 is 2.58 bits per heavy atom. The molecule has 0 aliphatic rings. The molecule has 0 aliphatic heterocycles. The van der Waals surface area contributed by atoms with Crippen LogP contribution >= 0.6 is 11.8 Å². The first-order valence-electron chi connectivity index (χ1n) is 8.54. The van der Waals surface area contributed by atoms with Crippen molar-refractivity contribution in [2.75, 3.05) is 5.32 Å². The van der Waals surface area contributed by atoms with E-state index >= 15 is 0 Å². The third-order valence-electron chi connectivity index (χ3n) is 3.70. The number of hydrogen-bond donors (Lipinski definition) is 1. The largest absolute Gasteiger partial charge is 0.461 e. The van der Waals surface area contributed by atoms with Crippen molar-refractivity contribution >= 4 is 23.4 Å². The molecule has 1 atom stereocenters. The smallest absolute Gasteiger partial charge is 0.237 e. The van der Waals surface area contributed by atoms with Gasteiger partial charge in [-0.2, -0.15) is 0 Å². The zero-order chi connectivity index (χ0) is 18.5.